The Morgan fingerprint density at radius 1 is 1.04 bits per heavy atom. The van der Waals surface area contributed by atoms with Crippen LogP contribution in [-0.4, -0.2) is 20.7 Å². The number of rotatable bonds is 4. The lowest BCUT2D eigenvalue weighted by Crippen LogP contribution is -2.05. The van der Waals surface area contributed by atoms with Gasteiger partial charge < -0.3 is 16.8 Å². The fourth-order valence-electron chi connectivity index (χ4n) is 2.21. The van der Waals surface area contributed by atoms with Crippen LogP contribution in [0.25, 0.3) is 11.0 Å². The average molecular weight is 308 g/mol. The molecule has 0 radical (unpaired) electrons. The Kier molecular flexibility index (Phi) is 3.76. The topological polar surface area (TPSA) is 120 Å². The highest BCUT2D eigenvalue weighted by Gasteiger charge is 2.06. The van der Waals surface area contributed by atoms with Crippen molar-refractivity contribution in [1.82, 2.24) is 15.0 Å². The summed E-state index contributed by atoms with van der Waals surface area (Å²) in [5, 5.41) is 3.24. The molecule has 0 spiro atoms. The molecular formula is C16H16N6O. The molecule has 0 atom stereocenters. The first-order chi connectivity index (χ1) is 11.0. The van der Waals surface area contributed by atoms with E-state index in [1.807, 2.05) is 24.3 Å². The lowest BCUT2D eigenvalue weighted by atomic mass is 10.1. The Bertz CT molecular complexity index is 876. The molecule has 0 aliphatic rings. The number of ketones is 1. The van der Waals surface area contributed by atoms with Crippen molar-refractivity contribution in [2.24, 2.45) is 0 Å². The Morgan fingerprint density at radius 3 is 2.48 bits per heavy atom. The van der Waals surface area contributed by atoms with Gasteiger partial charge in [-0.1, -0.05) is 0 Å². The number of hydrogen-bond acceptors (Lipinski definition) is 7. The molecule has 0 amide bonds. The third kappa shape index (κ3) is 3.18. The minimum Gasteiger partial charge on any atom is -0.382 e. The quantitative estimate of drug-likeness (QED) is 0.630. The fourth-order valence-corrected chi connectivity index (χ4v) is 2.21. The van der Waals surface area contributed by atoms with Crippen molar-refractivity contribution in [3.8, 4) is 0 Å². The van der Waals surface area contributed by atoms with Crippen molar-refractivity contribution < 1.29 is 4.79 Å². The number of nitrogens with one attached hydrogen (secondary N) is 1. The summed E-state index contributed by atoms with van der Waals surface area (Å²) in [5.74, 6) is 0.441. The number of Topliss-reactive ketones (excluding diaryl/α,β-unsaturated/α-hetero) is 1. The average Bonchev–Trinajstić information content (AvgIpc) is 2.53. The van der Waals surface area contributed by atoms with E-state index in [0.717, 1.165) is 11.4 Å². The Balaban J connectivity index is 1.78. The Morgan fingerprint density at radius 2 is 1.78 bits per heavy atom. The lowest BCUT2D eigenvalue weighted by Gasteiger charge is -2.08. The van der Waals surface area contributed by atoms with Crippen LogP contribution >= 0.6 is 0 Å². The highest BCUT2D eigenvalue weighted by atomic mass is 16.1. The monoisotopic (exact) mass is 308 g/mol. The summed E-state index contributed by atoms with van der Waals surface area (Å²) in [7, 11) is 0. The molecule has 0 saturated heterocycles. The molecule has 0 saturated carbocycles. The molecule has 3 aromatic rings. The second kappa shape index (κ2) is 5.88. The molecule has 23 heavy (non-hydrogen) atoms. The fraction of sp³-hybridized carbons (Fsp3) is 0.125. The molecule has 1 aromatic carbocycles. The van der Waals surface area contributed by atoms with E-state index in [2.05, 4.69) is 20.3 Å². The molecule has 0 unspecified atom stereocenters. The number of benzene rings is 1. The van der Waals surface area contributed by atoms with Gasteiger partial charge in [-0.2, -0.15) is 4.98 Å². The molecule has 0 aliphatic heterocycles. The largest absolute Gasteiger partial charge is 0.382 e. The van der Waals surface area contributed by atoms with Crippen molar-refractivity contribution in [1.29, 1.82) is 0 Å². The summed E-state index contributed by atoms with van der Waals surface area (Å²) in [5.41, 5.74) is 14.9. The van der Waals surface area contributed by atoms with Crippen LogP contribution in [-0.2, 0) is 6.54 Å². The predicted octanol–water partition coefficient (Wildman–Crippen LogP) is 2.00. The van der Waals surface area contributed by atoms with Gasteiger partial charge >= 0.3 is 0 Å². The number of nitrogens with two attached hydrogens (primary N) is 2. The number of nitrogens with zero attached hydrogens (tertiary/aromatic N) is 3. The molecule has 0 aliphatic carbocycles. The maximum absolute atomic E-state index is 11.3. The molecule has 116 valence electrons. The summed E-state index contributed by atoms with van der Waals surface area (Å²) in [6.07, 6.45) is 0. The van der Waals surface area contributed by atoms with Gasteiger partial charge in [-0.25, -0.2) is 9.97 Å². The normalized spacial score (nSPS) is 10.7. The third-order valence-corrected chi connectivity index (χ3v) is 3.41. The number of hydrogen-bond donors (Lipinski definition) is 3. The smallest absolute Gasteiger partial charge is 0.222 e. The van der Waals surface area contributed by atoms with Crippen molar-refractivity contribution in [3.63, 3.8) is 0 Å². The van der Waals surface area contributed by atoms with Crippen LogP contribution in [0.2, 0.25) is 0 Å². The lowest BCUT2D eigenvalue weighted by molar-refractivity contribution is 0.101. The molecule has 7 nitrogen and oxygen atoms in total. The van der Waals surface area contributed by atoms with Gasteiger partial charge in [0.15, 0.2) is 11.6 Å². The SMILES string of the molecule is CC(=O)c1ccc(NCc2ccc3nc(N)nc(N)c3n2)cc1. The van der Waals surface area contributed by atoms with Crippen molar-refractivity contribution in [2.75, 3.05) is 16.8 Å². The summed E-state index contributed by atoms with van der Waals surface area (Å²) >= 11 is 0. The standard InChI is InChI=1S/C16H16N6O/c1-9(23)10-2-4-11(5-3-10)19-8-12-6-7-13-14(20-12)15(17)22-16(18)21-13/h2-7,19H,8H2,1H3,(H4,17,18,21,22). The molecule has 2 aromatic heterocycles. The molecule has 7 heteroatoms. The maximum atomic E-state index is 11.3. The van der Waals surface area contributed by atoms with E-state index >= 15 is 0 Å². The Hall–Kier alpha value is -3.22. The van der Waals surface area contributed by atoms with Crippen LogP contribution < -0.4 is 16.8 Å². The van der Waals surface area contributed by atoms with Crippen molar-refractivity contribution in [3.05, 3.63) is 47.7 Å². The van der Waals surface area contributed by atoms with Crippen LogP contribution in [0.3, 0.4) is 0 Å². The first kappa shape index (κ1) is 14.7. The number of fused-ring (bicyclic) bond motifs is 1. The van der Waals surface area contributed by atoms with E-state index in [1.54, 1.807) is 19.1 Å². The van der Waals surface area contributed by atoms with E-state index in [1.165, 1.54) is 0 Å². The highest BCUT2D eigenvalue weighted by molar-refractivity contribution is 5.94. The Labute approximate surface area is 132 Å². The first-order valence-electron chi connectivity index (χ1n) is 7.06. The van der Waals surface area contributed by atoms with Gasteiger partial charge in [-0.15, -0.1) is 0 Å². The van der Waals surface area contributed by atoms with Gasteiger partial charge in [0.2, 0.25) is 5.95 Å². The number of aromatic nitrogens is 3. The highest BCUT2D eigenvalue weighted by Crippen LogP contribution is 2.17. The number of nitrogen functional groups attached to an aromatic ring is 2. The predicted molar refractivity (Wildman–Crippen MR) is 89.9 cm³/mol. The van der Waals surface area contributed by atoms with Gasteiger partial charge in [0, 0.05) is 11.3 Å². The summed E-state index contributed by atoms with van der Waals surface area (Å²) < 4.78 is 0. The van der Waals surface area contributed by atoms with E-state index in [0.29, 0.717) is 23.1 Å². The molecule has 0 fully saturated rings. The van der Waals surface area contributed by atoms with Crippen LogP contribution in [0.1, 0.15) is 23.0 Å². The van der Waals surface area contributed by atoms with E-state index in [9.17, 15) is 4.79 Å². The number of carbonyl (C=O) groups is 1. The third-order valence-electron chi connectivity index (χ3n) is 3.41. The minimum atomic E-state index is 0.0440. The van der Waals surface area contributed by atoms with Gasteiger partial charge in [0.1, 0.15) is 5.52 Å². The zero-order valence-corrected chi connectivity index (χ0v) is 12.6. The minimum absolute atomic E-state index is 0.0440. The second-order valence-corrected chi connectivity index (χ2v) is 5.12. The molecule has 2 heterocycles. The zero-order chi connectivity index (χ0) is 16.4. The van der Waals surface area contributed by atoms with Crippen LogP contribution in [0.5, 0.6) is 0 Å². The second-order valence-electron chi connectivity index (χ2n) is 5.12. The van der Waals surface area contributed by atoms with Crippen molar-refractivity contribution >= 4 is 34.3 Å². The van der Waals surface area contributed by atoms with E-state index in [-0.39, 0.29) is 17.5 Å². The van der Waals surface area contributed by atoms with Gasteiger partial charge in [0.05, 0.1) is 17.8 Å². The van der Waals surface area contributed by atoms with Crippen LogP contribution in [0, 0.1) is 0 Å². The zero-order valence-electron chi connectivity index (χ0n) is 12.6. The molecule has 0 bridgehead atoms. The summed E-state index contributed by atoms with van der Waals surface area (Å²) in [4.78, 5) is 23.7. The van der Waals surface area contributed by atoms with Crippen LogP contribution in [0.4, 0.5) is 17.5 Å². The maximum Gasteiger partial charge on any atom is 0.222 e. The van der Waals surface area contributed by atoms with Crippen molar-refractivity contribution in [2.45, 2.75) is 13.5 Å². The molecule has 5 N–H and O–H groups in total. The van der Waals surface area contributed by atoms with Crippen LogP contribution in [0.15, 0.2) is 36.4 Å². The van der Waals surface area contributed by atoms with Gasteiger partial charge in [-0.05, 0) is 43.3 Å². The van der Waals surface area contributed by atoms with Gasteiger partial charge in [-0.3, -0.25) is 4.79 Å². The summed E-state index contributed by atoms with van der Waals surface area (Å²) in [6, 6.07) is 10.9. The summed E-state index contributed by atoms with van der Waals surface area (Å²) in [6.45, 7) is 2.06. The van der Waals surface area contributed by atoms with E-state index in [4.69, 9.17) is 11.5 Å². The molecular weight excluding hydrogens is 292 g/mol. The van der Waals surface area contributed by atoms with Gasteiger partial charge in [0.25, 0.3) is 0 Å². The molecule has 3 rings (SSSR count). The number of anilines is 3. The van der Waals surface area contributed by atoms with E-state index < -0.39 is 0 Å². The first-order valence-corrected chi connectivity index (χ1v) is 7.06. The number of pyridine rings is 1. The number of carbonyl (C=O) groups excluding carboxylic acids is 1.